The lowest BCUT2D eigenvalue weighted by atomic mass is 10.1. The summed E-state index contributed by atoms with van der Waals surface area (Å²) in [5.41, 5.74) is 8.09. The fourth-order valence-corrected chi connectivity index (χ4v) is 5.06. The summed E-state index contributed by atoms with van der Waals surface area (Å²) >= 11 is 0. The first kappa shape index (κ1) is 25.6. The normalized spacial score (nSPS) is 14.6. The third kappa shape index (κ3) is 4.57. The number of aromatic nitrogens is 5. The predicted molar refractivity (Wildman–Crippen MR) is 144 cm³/mol. The van der Waals surface area contributed by atoms with Crippen LogP contribution < -0.4 is 21.1 Å². The Balaban J connectivity index is 1.32. The van der Waals surface area contributed by atoms with Gasteiger partial charge in [0.05, 0.1) is 29.8 Å². The van der Waals surface area contributed by atoms with Crippen LogP contribution in [-0.4, -0.2) is 50.8 Å². The number of anilines is 2. The summed E-state index contributed by atoms with van der Waals surface area (Å²) in [6.45, 7) is 1.76. The minimum atomic E-state index is -4.48. The zero-order valence-corrected chi connectivity index (χ0v) is 21.3. The van der Waals surface area contributed by atoms with Crippen molar-refractivity contribution in [3.8, 4) is 17.0 Å². The molecular formula is C27H25F3N8O2. The van der Waals surface area contributed by atoms with E-state index in [-0.39, 0.29) is 17.3 Å². The Morgan fingerprint density at radius 1 is 1.12 bits per heavy atom. The Labute approximate surface area is 225 Å². The highest BCUT2D eigenvalue weighted by Gasteiger charge is 2.31. The molecular weight excluding hydrogens is 525 g/mol. The first-order valence-corrected chi connectivity index (χ1v) is 12.6. The number of nitrogens with zero attached hydrogens (tertiary/aromatic N) is 4. The van der Waals surface area contributed by atoms with Gasteiger partial charge in [-0.15, -0.1) is 0 Å². The first-order chi connectivity index (χ1) is 19.2. The van der Waals surface area contributed by atoms with Crippen LogP contribution in [0.3, 0.4) is 0 Å². The molecule has 2 aromatic carbocycles. The number of aromatic amines is 1. The van der Waals surface area contributed by atoms with Crippen molar-refractivity contribution in [2.75, 3.05) is 31.2 Å². The van der Waals surface area contributed by atoms with E-state index in [9.17, 15) is 18.0 Å². The highest BCUT2D eigenvalue weighted by molar-refractivity contribution is 6.07. The van der Waals surface area contributed by atoms with Gasteiger partial charge in [0.1, 0.15) is 29.3 Å². The van der Waals surface area contributed by atoms with Crippen molar-refractivity contribution in [1.82, 2.24) is 30.0 Å². The highest BCUT2D eigenvalue weighted by atomic mass is 19.4. The fourth-order valence-electron chi connectivity index (χ4n) is 5.06. The summed E-state index contributed by atoms with van der Waals surface area (Å²) in [4.78, 5) is 24.4. The van der Waals surface area contributed by atoms with Gasteiger partial charge in [0.15, 0.2) is 5.65 Å². The average Bonchev–Trinajstić information content (AvgIpc) is 3.56. The monoisotopic (exact) mass is 550 g/mol. The molecule has 3 aromatic heterocycles. The number of ether oxygens (including phenoxy) is 1. The standard InChI is InChI=1S/C27H25F3N8O2/c1-40-21-11-15(23-22-24(31)33-13-34-25(22)38(37-23)17-6-8-32-9-7-17)3-5-18(21)36-26(39)20-10-14-2-4-16(27(28,29)30)12-19(14)35-20/h2-5,10-13,17,32,35H,6-9H2,1H3,(H,36,39)(H2,31,33,34). The van der Waals surface area contributed by atoms with E-state index >= 15 is 0 Å². The molecule has 1 aliphatic heterocycles. The number of piperidine rings is 1. The molecule has 0 bridgehead atoms. The van der Waals surface area contributed by atoms with Gasteiger partial charge in [-0.05, 0) is 56.3 Å². The van der Waals surface area contributed by atoms with Crippen LogP contribution in [0.25, 0.3) is 33.2 Å². The summed E-state index contributed by atoms with van der Waals surface area (Å²) in [6.07, 6.45) is -1.25. The zero-order valence-electron chi connectivity index (χ0n) is 21.3. The van der Waals surface area contributed by atoms with E-state index in [1.807, 2.05) is 4.68 Å². The van der Waals surface area contributed by atoms with Crippen molar-refractivity contribution >= 4 is 39.3 Å². The summed E-state index contributed by atoms with van der Waals surface area (Å²) in [5, 5.41) is 12.1. The molecule has 0 saturated carbocycles. The number of amides is 1. The van der Waals surface area contributed by atoms with E-state index in [0.29, 0.717) is 44.9 Å². The van der Waals surface area contributed by atoms with Gasteiger partial charge >= 0.3 is 6.18 Å². The summed E-state index contributed by atoms with van der Waals surface area (Å²) < 4.78 is 46.7. The number of H-pyrrole nitrogens is 1. The maximum atomic E-state index is 13.1. The van der Waals surface area contributed by atoms with Crippen molar-refractivity contribution in [3.63, 3.8) is 0 Å². The van der Waals surface area contributed by atoms with Crippen molar-refractivity contribution in [2.45, 2.75) is 25.1 Å². The van der Waals surface area contributed by atoms with Crippen LogP contribution >= 0.6 is 0 Å². The lowest BCUT2D eigenvalue weighted by Gasteiger charge is -2.23. The third-order valence-corrected chi connectivity index (χ3v) is 7.09. The molecule has 1 amide bonds. The van der Waals surface area contributed by atoms with Gasteiger partial charge in [0.2, 0.25) is 0 Å². The van der Waals surface area contributed by atoms with Crippen LogP contribution in [0.5, 0.6) is 5.75 Å². The van der Waals surface area contributed by atoms with E-state index in [2.05, 4.69) is 25.6 Å². The number of fused-ring (bicyclic) bond motifs is 2. The van der Waals surface area contributed by atoms with Crippen LogP contribution in [0.1, 0.15) is 34.9 Å². The number of benzene rings is 2. The van der Waals surface area contributed by atoms with E-state index in [1.165, 1.54) is 25.6 Å². The van der Waals surface area contributed by atoms with Gasteiger partial charge in [-0.25, -0.2) is 14.6 Å². The molecule has 4 heterocycles. The molecule has 40 heavy (non-hydrogen) atoms. The van der Waals surface area contributed by atoms with E-state index in [1.54, 1.807) is 18.2 Å². The molecule has 1 fully saturated rings. The molecule has 10 nitrogen and oxygen atoms in total. The van der Waals surface area contributed by atoms with E-state index < -0.39 is 17.6 Å². The predicted octanol–water partition coefficient (Wildman–Crippen LogP) is 4.76. The molecule has 0 spiro atoms. The van der Waals surface area contributed by atoms with Crippen LogP contribution in [0.15, 0.2) is 48.8 Å². The number of hydrogen-bond acceptors (Lipinski definition) is 7. The number of rotatable bonds is 5. The van der Waals surface area contributed by atoms with Crippen molar-refractivity contribution in [2.24, 2.45) is 0 Å². The maximum absolute atomic E-state index is 13.1. The molecule has 5 N–H and O–H groups in total. The second-order valence-electron chi connectivity index (χ2n) is 9.58. The Morgan fingerprint density at radius 2 is 1.93 bits per heavy atom. The molecule has 1 aliphatic rings. The first-order valence-electron chi connectivity index (χ1n) is 12.6. The molecule has 13 heteroatoms. The number of alkyl halides is 3. The summed E-state index contributed by atoms with van der Waals surface area (Å²) in [6, 6.07) is 10.1. The molecule has 1 saturated heterocycles. The molecule has 6 rings (SSSR count). The zero-order chi connectivity index (χ0) is 28.0. The highest BCUT2D eigenvalue weighted by Crippen LogP contribution is 2.37. The SMILES string of the molecule is COc1cc(-c2nn(C3CCNCC3)c3ncnc(N)c23)ccc1NC(=O)c1cc2ccc(C(F)(F)F)cc2[nH]1. The number of carbonyl (C=O) groups excluding carboxylic acids is 1. The second kappa shape index (κ2) is 9.83. The Kier molecular flexibility index (Phi) is 6.29. The van der Waals surface area contributed by atoms with Crippen molar-refractivity contribution in [3.05, 3.63) is 60.0 Å². The van der Waals surface area contributed by atoms with Gasteiger partial charge in [-0.3, -0.25) is 4.79 Å². The maximum Gasteiger partial charge on any atom is 0.416 e. The fraction of sp³-hybridized carbons (Fsp3) is 0.259. The lowest BCUT2D eigenvalue weighted by Crippen LogP contribution is -2.30. The molecule has 0 aliphatic carbocycles. The number of methoxy groups -OCH3 is 1. The number of hydrogen-bond donors (Lipinski definition) is 4. The Morgan fingerprint density at radius 3 is 2.67 bits per heavy atom. The average molecular weight is 551 g/mol. The molecule has 0 atom stereocenters. The van der Waals surface area contributed by atoms with Crippen LogP contribution in [0.2, 0.25) is 0 Å². The van der Waals surface area contributed by atoms with Gasteiger partial charge in [-0.1, -0.05) is 12.1 Å². The topological polar surface area (TPSA) is 136 Å². The third-order valence-electron chi connectivity index (χ3n) is 7.09. The van der Waals surface area contributed by atoms with E-state index in [0.717, 1.165) is 38.1 Å². The number of nitrogen functional groups attached to an aromatic ring is 1. The van der Waals surface area contributed by atoms with Gasteiger partial charge < -0.3 is 26.1 Å². The van der Waals surface area contributed by atoms with E-state index in [4.69, 9.17) is 15.6 Å². The number of nitrogens with two attached hydrogens (primary N) is 1. The Bertz CT molecular complexity index is 1740. The molecule has 206 valence electrons. The largest absolute Gasteiger partial charge is 0.495 e. The van der Waals surface area contributed by atoms with Crippen LogP contribution in [-0.2, 0) is 6.18 Å². The van der Waals surface area contributed by atoms with Crippen LogP contribution in [0.4, 0.5) is 24.7 Å². The number of nitrogens with one attached hydrogen (secondary N) is 3. The summed E-state index contributed by atoms with van der Waals surface area (Å²) in [5.74, 6) is 0.138. The van der Waals surface area contributed by atoms with Crippen LogP contribution in [0, 0.1) is 0 Å². The minimum absolute atomic E-state index is 0.108. The lowest BCUT2D eigenvalue weighted by molar-refractivity contribution is -0.137. The molecule has 5 aromatic rings. The molecule has 0 unspecified atom stereocenters. The Hall–Kier alpha value is -4.65. The molecule has 0 radical (unpaired) electrons. The van der Waals surface area contributed by atoms with Gasteiger partial charge in [0.25, 0.3) is 5.91 Å². The minimum Gasteiger partial charge on any atom is -0.495 e. The van der Waals surface area contributed by atoms with Crippen molar-refractivity contribution < 1.29 is 22.7 Å². The smallest absolute Gasteiger partial charge is 0.416 e. The second-order valence-corrected chi connectivity index (χ2v) is 9.58. The van der Waals surface area contributed by atoms with Crippen molar-refractivity contribution in [1.29, 1.82) is 0 Å². The van der Waals surface area contributed by atoms with Gasteiger partial charge in [-0.2, -0.15) is 18.3 Å². The summed E-state index contributed by atoms with van der Waals surface area (Å²) in [7, 11) is 1.47. The number of halogens is 3. The quantitative estimate of drug-likeness (QED) is 0.248. The number of carbonyl (C=O) groups is 1. The van der Waals surface area contributed by atoms with Gasteiger partial charge in [0, 0.05) is 16.5 Å².